The third-order valence-electron chi connectivity index (χ3n) is 7.28. The topological polar surface area (TPSA) is 48.1 Å². The fraction of sp³-hybridized carbons (Fsp3) is 0.900. The van der Waals surface area contributed by atoms with E-state index in [1.54, 1.807) is 0 Å². The van der Waals surface area contributed by atoms with Gasteiger partial charge < -0.3 is 21.3 Å². The monoisotopic (exact) mass is 394 g/mol. The third kappa shape index (κ3) is 4.61. The zero-order chi connectivity index (χ0) is 17.9. The summed E-state index contributed by atoms with van der Waals surface area (Å²) >= 11 is 10.9. The molecule has 26 heavy (non-hydrogen) atoms. The molecule has 0 aliphatic heterocycles. The summed E-state index contributed by atoms with van der Waals surface area (Å²) in [5.74, 6) is 3.66. The quantitative estimate of drug-likeness (QED) is 0.393. The molecule has 0 saturated heterocycles. The van der Waals surface area contributed by atoms with Crippen molar-refractivity contribution in [1.82, 2.24) is 21.3 Å². The molecule has 4 bridgehead atoms. The Kier molecular flexibility index (Phi) is 6.19. The van der Waals surface area contributed by atoms with Gasteiger partial charge in [0.1, 0.15) is 0 Å². The molecule has 4 fully saturated rings. The van der Waals surface area contributed by atoms with E-state index in [2.05, 4.69) is 21.3 Å². The first-order valence-corrected chi connectivity index (χ1v) is 11.6. The Hall–Kier alpha value is -0.620. The molecule has 0 radical (unpaired) electrons. The van der Waals surface area contributed by atoms with Gasteiger partial charge in [-0.15, -0.1) is 0 Å². The van der Waals surface area contributed by atoms with E-state index in [0.29, 0.717) is 12.1 Å². The first kappa shape index (κ1) is 18.7. The van der Waals surface area contributed by atoms with Gasteiger partial charge >= 0.3 is 0 Å². The van der Waals surface area contributed by atoms with Crippen LogP contribution in [0.25, 0.3) is 0 Å². The lowest BCUT2D eigenvalue weighted by Crippen LogP contribution is -2.45. The Labute approximate surface area is 169 Å². The zero-order valence-corrected chi connectivity index (χ0v) is 17.4. The van der Waals surface area contributed by atoms with Crippen LogP contribution in [0.1, 0.15) is 64.2 Å². The van der Waals surface area contributed by atoms with E-state index in [1.807, 2.05) is 0 Å². The predicted molar refractivity (Wildman–Crippen MR) is 115 cm³/mol. The van der Waals surface area contributed by atoms with E-state index in [9.17, 15) is 0 Å². The van der Waals surface area contributed by atoms with Gasteiger partial charge in [-0.25, -0.2) is 0 Å². The molecule has 4 nitrogen and oxygen atoms in total. The molecule has 4 N–H and O–H groups in total. The summed E-state index contributed by atoms with van der Waals surface area (Å²) in [6.45, 7) is 1.89. The predicted octanol–water partition coefficient (Wildman–Crippen LogP) is 3.07. The van der Waals surface area contributed by atoms with Gasteiger partial charge in [0, 0.05) is 25.2 Å². The van der Waals surface area contributed by atoms with Gasteiger partial charge in [-0.2, -0.15) is 0 Å². The van der Waals surface area contributed by atoms with Crippen molar-refractivity contribution in [3.63, 3.8) is 0 Å². The van der Waals surface area contributed by atoms with Gasteiger partial charge in [-0.05, 0) is 99.5 Å². The normalized spacial score (nSPS) is 36.9. The van der Waals surface area contributed by atoms with Gasteiger partial charge in [0.25, 0.3) is 0 Å². The molecule has 4 aliphatic carbocycles. The fourth-order valence-corrected chi connectivity index (χ4v) is 6.44. The van der Waals surface area contributed by atoms with Crippen LogP contribution < -0.4 is 21.3 Å². The standard InChI is InChI=1S/C20H34N4S2/c25-19(23-17-11-13-3-5-15(17)9-13)21-7-1-2-8-22-20(26)24-18-12-14-4-6-16(18)10-14/h13-18H,1-12H2,(H2,21,23,25)(H2,22,24,26)/t13-,14-,15-,16-,17-,18-/m0/s1. The van der Waals surface area contributed by atoms with Gasteiger partial charge in [0.05, 0.1) is 0 Å². The van der Waals surface area contributed by atoms with Crippen LogP contribution in [-0.4, -0.2) is 35.4 Å². The molecule has 4 aliphatic rings. The van der Waals surface area contributed by atoms with E-state index in [-0.39, 0.29) is 0 Å². The van der Waals surface area contributed by atoms with Crippen molar-refractivity contribution in [2.24, 2.45) is 23.7 Å². The summed E-state index contributed by atoms with van der Waals surface area (Å²) in [6.07, 6.45) is 13.4. The molecular formula is C20H34N4S2. The number of thiocarbonyl (C=S) groups is 2. The highest BCUT2D eigenvalue weighted by Crippen LogP contribution is 2.45. The molecule has 0 aromatic carbocycles. The Morgan fingerprint density at radius 2 is 1.12 bits per heavy atom. The van der Waals surface area contributed by atoms with E-state index < -0.39 is 0 Å². The van der Waals surface area contributed by atoms with Gasteiger partial charge in [0.15, 0.2) is 10.2 Å². The lowest BCUT2D eigenvalue weighted by molar-refractivity contribution is 0.388. The van der Waals surface area contributed by atoms with E-state index in [0.717, 1.165) is 59.8 Å². The van der Waals surface area contributed by atoms with E-state index in [1.165, 1.54) is 51.4 Å². The maximum Gasteiger partial charge on any atom is 0.166 e. The van der Waals surface area contributed by atoms with Gasteiger partial charge in [-0.1, -0.05) is 12.8 Å². The van der Waals surface area contributed by atoms with Crippen LogP contribution in [0.5, 0.6) is 0 Å². The van der Waals surface area contributed by atoms with Crippen molar-refractivity contribution < 1.29 is 0 Å². The first-order valence-electron chi connectivity index (χ1n) is 10.8. The lowest BCUT2D eigenvalue weighted by atomic mass is 9.96. The van der Waals surface area contributed by atoms with Crippen LogP contribution in [0.15, 0.2) is 0 Å². The molecular weight excluding hydrogens is 360 g/mol. The number of hydrogen-bond donors (Lipinski definition) is 4. The van der Waals surface area contributed by atoms with Crippen molar-refractivity contribution in [3.8, 4) is 0 Å². The van der Waals surface area contributed by atoms with E-state index >= 15 is 0 Å². The van der Waals surface area contributed by atoms with Crippen LogP contribution in [0.2, 0.25) is 0 Å². The van der Waals surface area contributed by atoms with Crippen LogP contribution in [0, 0.1) is 23.7 Å². The summed E-state index contributed by atoms with van der Waals surface area (Å²) in [5.41, 5.74) is 0. The maximum absolute atomic E-state index is 5.46. The molecule has 0 unspecified atom stereocenters. The highest BCUT2D eigenvalue weighted by molar-refractivity contribution is 7.80. The lowest BCUT2D eigenvalue weighted by Gasteiger charge is -2.25. The summed E-state index contributed by atoms with van der Waals surface area (Å²) in [4.78, 5) is 0. The average Bonchev–Trinajstić information content (AvgIpc) is 3.38. The first-order chi connectivity index (χ1) is 12.7. The second-order valence-corrected chi connectivity index (χ2v) is 9.89. The minimum atomic E-state index is 0.629. The van der Waals surface area contributed by atoms with Crippen LogP contribution in [0.4, 0.5) is 0 Å². The largest absolute Gasteiger partial charge is 0.363 e. The van der Waals surface area contributed by atoms with Crippen LogP contribution in [-0.2, 0) is 0 Å². The number of unbranched alkanes of at least 4 members (excludes halogenated alkanes) is 1. The molecule has 6 heteroatoms. The number of nitrogens with one attached hydrogen (secondary N) is 4. The third-order valence-corrected chi connectivity index (χ3v) is 7.81. The highest BCUT2D eigenvalue weighted by atomic mass is 32.1. The molecule has 0 spiro atoms. The smallest absolute Gasteiger partial charge is 0.166 e. The maximum atomic E-state index is 5.46. The molecule has 0 aromatic rings. The zero-order valence-electron chi connectivity index (χ0n) is 15.8. The van der Waals surface area contributed by atoms with Crippen molar-refractivity contribution in [1.29, 1.82) is 0 Å². The molecule has 6 atom stereocenters. The second-order valence-electron chi connectivity index (χ2n) is 9.07. The fourth-order valence-electron chi connectivity index (χ4n) is 5.94. The van der Waals surface area contributed by atoms with Crippen LogP contribution >= 0.6 is 24.4 Å². The molecule has 0 heterocycles. The summed E-state index contributed by atoms with van der Waals surface area (Å²) in [6, 6.07) is 1.26. The Morgan fingerprint density at radius 1 is 0.654 bits per heavy atom. The summed E-state index contributed by atoms with van der Waals surface area (Å²) in [7, 11) is 0. The Balaban J connectivity index is 1.01. The number of fused-ring (bicyclic) bond motifs is 4. The summed E-state index contributed by atoms with van der Waals surface area (Å²) in [5, 5.41) is 15.6. The highest BCUT2D eigenvalue weighted by Gasteiger charge is 2.40. The molecule has 4 rings (SSSR count). The Bertz CT molecular complexity index is 480. The molecule has 146 valence electrons. The van der Waals surface area contributed by atoms with Crippen LogP contribution in [0.3, 0.4) is 0 Å². The summed E-state index contributed by atoms with van der Waals surface area (Å²) < 4.78 is 0. The number of hydrogen-bond acceptors (Lipinski definition) is 2. The molecule has 4 saturated carbocycles. The minimum Gasteiger partial charge on any atom is -0.363 e. The van der Waals surface area contributed by atoms with Crippen molar-refractivity contribution in [2.75, 3.05) is 13.1 Å². The SMILES string of the molecule is S=C(NCCCCNC(=S)N[C@H]1C[C@H]2CC[C@H]1C2)N[C@H]1C[C@H]2CC[C@H]1C2. The van der Waals surface area contributed by atoms with Gasteiger partial charge in [-0.3, -0.25) is 0 Å². The molecule has 0 aromatic heterocycles. The van der Waals surface area contributed by atoms with Crippen molar-refractivity contribution >= 4 is 34.7 Å². The minimum absolute atomic E-state index is 0.629. The number of rotatable bonds is 7. The van der Waals surface area contributed by atoms with E-state index in [4.69, 9.17) is 24.4 Å². The Morgan fingerprint density at radius 3 is 1.46 bits per heavy atom. The second kappa shape index (κ2) is 8.59. The molecule has 0 amide bonds. The van der Waals surface area contributed by atoms with Gasteiger partial charge in [0.2, 0.25) is 0 Å². The average molecular weight is 395 g/mol. The van der Waals surface area contributed by atoms with Crippen molar-refractivity contribution in [2.45, 2.75) is 76.3 Å². The van der Waals surface area contributed by atoms with Crippen molar-refractivity contribution in [3.05, 3.63) is 0 Å².